The molecule has 2 N–H and O–H groups in total. The Morgan fingerprint density at radius 1 is 0.528 bits per heavy atom. The quantitative estimate of drug-likeness (QED) is 0.0124. The predicted octanol–water partition coefficient (Wildman–Crippen LogP) is 13.3. The molecule has 0 unspecified atom stereocenters. The van der Waals surface area contributed by atoms with Gasteiger partial charge in [0.15, 0.2) is 0 Å². The summed E-state index contributed by atoms with van der Waals surface area (Å²) in [5.41, 5.74) is 7.94. The average Bonchev–Trinajstić information content (AvgIpc) is 1.30. The van der Waals surface area contributed by atoms with Crippen LogP contribution in [0.3, 0.4) is 0 Å². The lowest BCUT2D eigenvalue weighted by atomic mass is 9.83. The Hall–Kier alpha value is -10.3. The summed E-state index contributed by atoms with van der Waals surface area (Å²) in [5.74, 6) is 0.176. The van der Waals surface area contributed by atoms with Crippen molar-refractivity contribution in [1.29, 1.82) is 10.5 Å². The van der Waals surface area contributed by atoms with Crippen molar-refractivity contribution in [2.45, 2.75) is 194 Å². The Kier molecular flexibility index (Phi) is 38.1. The Bertz CT molecular complexity index is 7230. The lowest BCUT2D eigenvalue weighted by molar-refractivity contribution is -0.357. The molecule has 4 aliphatic heterocycles. The molecule has 0 amide bonds. The van der Waals surface area contributed by atoms with Gasteiger partial charge in [0, 0.05) is 173 Å². The number of allylic oxidation sites excluding steroid dienone is 1. The van der Waals surface area contributed by atoms with Crippen LogP contribution >= 0.6 is 23.2 Å². The summed E-state index contributed by atoms with van der Waals surface area (Å²) >= 11 is 11.7. The third-order valence-corrected chi connectivity index (χ3v) is 38.2. The molecule has 54 heteroatoms. The zero-order valence-electron chi connectivity index (χ0n) is 85.7. The molecular weight excluding hydrogens is 2030 g/mol. The van der Waals surface area contributed by atoms with Crippen molar-refractivity contribution < 1.29 is 65.9 Å². The third-order valence-electron chi connectivity index (χ3n) is 23.9. The minimum Gasteiger partial charge on any atom is -0.398 e. The second-order valence-corrected chi connectivity index (χ2v) is 72.5. The van der Waals surface area contributed by atoms with Crippen molar-refractivity contribution in [1.82, 2.24) is 119 Å². The molecule has 17 heterocycles. The van der Waals surface area contributed by atoms with Crippen molar-refractivity contribution in [2.24, 2.45) is 4.99 Å². The molecule has 0 radical (unpaired) electrons. The zero-order valence-corrected chi connectivity index (χ0v) is 94.5. The summed E-state index contributed by atoms with van der Waals surface area (Å²) in [6, 6.07) is 18.3. The number of aliphatic imine (C=N–C) groups is 1. The maximum absolute atomic E-state index is 12.3. The van der Waals surface area contributed by atoms with Gasteiger partial charge in [0.2, 0.25) is 26.3 Å². The van der Waals surface area contributed by atoms with Gasteiger partial charge in [-0.1, -0.05) is 106 Å². The van der Waals surface area contributed by atoms with Gasteiger partial charge in [0.05, 0.1) is 88.3 Å². The van der Waals surface area contributed by atoms with Gasteiger partial charge in [-0.3, -0.25) is 0 Å². The number of imidazole rings is 3. The Labute approximate surface area is 856 Å². The van der Waals surface area contributed by atoms with E-state index in [0.717, 1.165) is 123 Å². The number of nitrogens with zero attached hydrogens (tertiary/aromatic N) is 27. The molecule has 13 aromatic rings. The van der Waals surface area contributed by atoms with Crippen LogP contribution in [0.1, 0.15) is 48.0 Å². The van der Waals surface area contributed by atoms with E-state index in [4.69, 9.17) is 56.7 Å². The van der Waals surface area contributed by atoms with Crippen LogP contribution in [0.4, 0.5) is 0 Å². The van der Waals surface area contributed by atoms with Crippen molar-refractivity contribution >= 4 is 170 Å². The highest BCUT2D eigenvalue weighted by Gasteiger charge is 2.55. The highest BCUT2D eigenvalue weighted by atomic mass is 35.5. The van der Waals surface area contributed by atoms with E-state index in [-0.39, 0.29) is 37.7 Å². The van der Waals surface area contributed by atoms with Crippen LogP contribution in [0.25, 0.3) is 89.3 Å². The average molecular weight is 2170 g/mol. The van der Waals surface area contributed by atoms with Crippen LogP contribution in [0.15, 0.2) is 147 Å². The van der Waals surface area contributed by atoms with Crippen LogP contribution in [0.2, 0.25) is 113 Å². The van der Waals surface area contributed by atoms with E-state index >= 15 is 0 Å². The van der Waals surface area contributed by atoms with Gasteiger partial charge in [-0.15, -0.1) is 8.42 Å². The van der Waals surface area contributed by atoms with E-state index in [2.05, 4.69) is 164 Å². The van der Waals surface area contributed by atoms with Gasteiger partial charge < -0.3 is 61.1 Å². The Morgan fingerprint density at radius 2 is 0.951 bits per heavy atom. The molecule has 4 aliphatic rings. The number of hydrogen-bond donors (Lipinski definition) is 2. The molecule has 13 aromatic heterocycles. The second kappa shape index (κ2) is 48.1. The van der Waals surface area contributed by atoms with Gasteiger partial charge in [-0.05, 0) is 102 Å². The maximum atomic E-state index is 12.3. The summed E-state index contributed by atoms with van der Waals surface area (Å²) in [4.78, 5) is 65.3. The van der Waals surface area contributed by atoms with Crippen LogP contribution in [0.5, 0.6) is 0 Å². The van der Waals surface area contributed by atoms with Gasteiger partial charge >= 0.3 is 27.5 Å². The molecule has 776 valence electrons. The minimum atomic E-state index is -3.62. The summed E-state index contributed by atoms with van der Waals surface area (Å²) in [5, 5.41) is 23.0. The highest BCUT2D eigenvalue weighted by Crippen LogP contribution is 2.39. The number of nitriles is 2. The van der Waals surface area contributed by atoms with Crippen molar-refractivity contribution in [2.75, 3.05) is 99.0 Å². The zero-order chi connectivity index (χ0) is 105. The SMILES string of the molecule is CCS(=O)(=O)N1CC(=CC#N)C1.CCS(=O)(=O)N1CC(CC#N)(n2cnc(-c3ncnc4c3ccn4COCC[Si](C)(C)C)c2)C1.CN(C)S(=O)(=O)[N+]1=CC(B2OC(C)(C)C(C)(C)O2)=NC1.CN(C)S(=O)(=O)n1cnc(-c2ncnc3c2ccn3COCC[Si](C)(C)C)c1.C[Si](C)(C)CCOCn1ccc2c(-c3cnc[nH]3)ncnc21.C[Si](C)(C)CCOCn1ccc2c(Cl)ncnc21.Clc1ncnc2[nH]ccc12. The fraction of sp³-hybridized carbons (Fsp3) is 0.500. The van der Waals surface area contributed by atoms with Crippen LogP contribution in [0, 0.1) is 22.7 Å². The highest BCUT2D eigenvalue weighted by molar-refractivity contribution is 7.89. The van der Waals surface area contributed by atoms with E-state index in [1.54, 1.807) is 45.2 Å². The number of halogens is 2. The molecule has 17 rings (SSSR count). The van der Waals surface area contributed by atoms with Gasteiger partial charge in [0.25, 0.3) is 6.67 Å². The second-order valence-electron chi connectivity index (χ2n) is 40.7. The first-order chi connectivity index (χ1) is 67.6. The fourth-order valence-electron chi connectivity index (χ4n) is 14.2. The summed E-state index contributed by atoms with van der Waals surface area (Å²) in [6.07, 6.45) is 29.7. The normalized spacial score (nSPS) is 15.5. The number of aromatic nitrogens is 21. The van der Waals surface area contributed by atoms with Crippen LogP contribution in [-0.2, 0) is 101 Å². The molecule has 0 aromatic carbocycles. The number of sulfonamides is 2. The van der Waals surface area contributed by atoms with Crippen molar-refractivity contribution in [3.05, 3.63) is 152 Å². The fourth-order valence-corrected chi connectivity index (χ4v) is 21.5. The van der Waals surface area contributed by atoms with Gasteiger partial charge in [-0.2, -0.15) is 36.2 Å². The van der Waals surface area contributed by atoms with Crippen LogP contribution < -0.4 is 0 Å². The molecule has 144 heavy (non-hydrogen) atoms. The first-order valence-electron chi connectivity index (χ1n) is 46.6. The maximum Gasteiger partial charge on any atom is 0.520 e. The number of H-pyrrole nitrogens is 2. The van der Waals surface area contributed by atoms with E-state index < -0.39 is 96.6 Å². The smallest absolute Gasteiger partial charge is 0.398 e. The molecule has 43 nitrogen and oxygen atoms in total. The predicted molar refractivity (Wildman–Crippen MR) is 570 cm³/mol. The number of fused-ring (bicyclic) bond motifs is 5. The molecule has 0 atom stereocenters. The number of hydrogen-bond acceptors (Lipinski definition) is 30. The van der Waals surface area contributed by atoms with Crippen molar-refractivity contribution in [3.63, 3.8) is 0 Å². The third kappa shape index (κ3) is 29.6. The lowest BCUT2D eigenvalue weighted by Gasteiger charge is -2.48. The number of ether oxygens (including phenoxy) is 4. The molecule has 0 bridgehead atoms. The monoisotopic (exact) mass is 2160 g/mol. The summed E-state index contributed by atoms with van der Waals surface area (Å²) in [7, 11) is -12.5. The molecule has 0 spiro atoms. The van der Waals surface area contributed by atoms with E-state index in [9.17, 15) is 38.9 Å². The minimum absolute atomic E-state index is 0.0442. The largest absolute Gasteiger partial charge is 0.520 e. The lowest BCUT2D eigenvalue weighted by Crippen LogP contribution is -2.63. The van der Waals surface area contributed by atoms with E-state index in [1.165, 1.54) is 103 Å². The van der Waals surface area contributed by atoms with Crippen molar-refractivity contribution in [3.8, 4) is 46.3 Å². The first-order valence-corrected chi connectivity index (χ1v) is 68.2. The van der Waals surface area contributed by atoms with Gasteiger partial charge in [0.1, 0.15) is 138 Å². The molecule has 0 aliphatic carbocycles. The summed E-state index contributed by atoms with van der Waals surface area (Å²) < 4.78 is 147. The molecule has 3 saturated heterocycles. The molecular formula is C90H131BCl2N29O14S4Si4+. The number of rotatable bonds is 34. The summed E-state index contributed by atoms with van der Waals surface area (Å²) in [6.45, 7) is 45.3. The number of aromatic amines is 2. The van der Waals surface area contributed by atoms with E-state index in [1.807, 2.05) is 118 Å². The molecule has 0 saturated carbocycles. The number of nitrogens with one attached hydrogen (secondary N) is 2. The molecule has 3 fully saturated rings. The first kappa shape index (κ1) is 114. The standard InChI is InChI=1S/C22H31N7O3SSi.C17H26N6O3SSi.C15H21N5OSi.C12H18ClN3OSi.C11H21BN3O4S.C7H10N2O2S.C6H4ClN3/c1-5-33(30,31)29-13-22(14-29,7-8-23)28-12-19(26-16-28)20-18-6-9-27(21(18)25-15-24-20)17-32-10-11-34(2,3)4;1-21(2)27(24,25)23-10-15(20-12-23)16-14-6-7-22(17(14)19-11-18-16)13-26-8-9-28(3,4)5;1-22(2,3)7-6-21-11-20-5-4-12-14(13-8-16-9-17-13)18-10-19-15(12)20;1-18(2,3)7-6-17-9-16-5-4-10-11(13)14-8-15-12(10)16;1-10(2)11(3,4)19-12(18-10)9-7-15(8-13-9)20(16,17)14(5)6;1-2-12(10,11)9-5-7(6-9)3-4-8;7-5-4-1-2-8-6(4)10-3-9-5/h6,9,12,15-16H,5,7,10-11,13-14,17H2,1-4H3;6-7,10-12H,8-9,13H2,1-5H3;4-5,8-10H,6-7,11H2,1-3H3,(H,16,17);4-5,8H,6-7,9H2,1-3H3;7H,8H2,1-6H3;3H,2,5-6H2,1H3;1-3H,(H,8,9,10)/q;;;;+1;;. The topological polar surface area (TPSA) is 497 Å². The van der Waals surface area contributed by atoms with E-state index in [0.29, 0.717) is 78.7 Å². The van der Waals surface area contributed by atoms with Gasteiger partial charge in [-0.25, -0.2) is 90.6 Å². The Balaban J connectivity index is 0.000000165. The Morgan fingerprint density at radius 3 is 1.38 bits per heavy atom. The van der Waals surface area contributed by atoms with Crippen LogP contribution in [-0.4, -0.2) is 318 Å².